The number of urea groups is 1. The van der Waals surface area contributed by atoms with E-state index in [1.807, 2.05) is 29.2 Å². The number of hydrogen-bond acceptors (Lipinski definition) is 6. The predicted octanol–water partition coefficient (Wildman–Crippen LogP) is 0.699. The number of ether oxygens (including phenoxy) is 1. The lowest BCUT2D eigenvalue weighted by molar-refractivity contribution is 0.0383. The molecule has 31 heavy (non-hydrogen) atoms. The third-order valence-corrected chi connectivity index (χ3v) is 5.76. The molecule has 2 saturated heterocycles. The summed E-state index contributed by atoms with van der Waals surface area (Å²) in [6.07, 6.45) is 2.62. The van der Waals surface area contributed by atoms with E-state index >= 15 is 0 Å². The van der Waals surface area contributed by atoms with Crippen LogP contribution in [0.3, 0.4) is 0 Å². The van der Waals surface area contributed by atoms with Crippen molar-refractivity contribution in [2.45, 2.75) is 32.2 Å². The van der Waals surface area contributed by atoms with E-state index in [4.69, 9.17) is 4.74 Å². The summed E-state index contributed by atoms with van der Waals surface area (Å²) in [5, 5.41) is 14.5. The first-order valence-electron chi connectivity index (χ1n) is 11.0. The topological polar surface area (TPSA) is 104 Å². The van der Waals surface area contributed by atoms with Gasteiger partial charge >= 0.3 is 6.03 Å². The van der Waals surface area contributed by atoms with Gasteiger partial charge in [0.15, 0.2) is 5.65 Å². The third-order valence-electron chi connectivity index (χ3n) is 5.76. The molecule has 0 aromatic carbocycles. The van der Waals surface area contributed by atoms with Crippen LogP contribution in [0.15, 0.2) is 18.3 Å². The van der Waals surface area contributed by atoms with Crippen molar-refractivity contribution >= 4 is 17.6 Å². The molecule has 4 heterocycles. The first kappa shape index (κ1) is 21.5. The highest BCUT2D eigenvalue weighted by atomic mass is 16.5. The number of carbonyl (C=O) groups is 2. The van der Waals surface area contributed by atoms with E-state index in [2.05, 4.69) is 25.7 Å². The van der Waals surface area contributed by atoms with Crippen LogP contribution in [0.2, 0.25) is 0 Å². The van der Waals surface area contributed by atoms with Crippen molar-refractivity contribution in [2.24, 2.45) is 0 Å². The van der Waals surface area contributed by atoms with Crippen molar-refractivity contribution in [1.29, 1.82) is 0 Å². The molecule has 0 aliphatic carbocycles. The normalized spacial score (nSPS) is 19.8. The average molecular weight is 430 g/mol. The maximum Gasteiger partial charge on any atom is 0.317 e. The van der Waals surface area contributed by atoms with Crippen LogP contribution in [0.25, 0.3) is 5.65 Å². The lowest BCUT2D eigenvalue weighted by atomic mass is 10.1. The number of likely N-dealkylation sites (tertiary alicyclic amines) is 1. The molecular formula is C21H31N7O3. The number of nitrogens with zero attached hydrogens (tertiary/aromatic N) is 5. The fourth-order valence-corrected chi connectivity index (χ4v) is 4.07. The second-order valence-corrected chi connectivity index (χ2v) is 8.45. The number of aromatic nitrogens is 3. The molecule has 2 aromatic rings. The maximum absolute atomic E-state index is 12.7. The summed E-state index contributed by atoms with van der Waals surface area (Å²) < 4.78 is 7.23. The molecule has 0 spiro atoms. The summed E-state index contributed by atoms with van der Waals surface area (Å²) in [4.78, 5) is 29.1. The summed E-state index contributed by atoms with van der Waals surface area (Å²) in [7, 11) is 0. The van der Waals surface area contributed by atoms with E-state index in [0.717, 1.165) is 45.1 Å². The van der Waals surface area contributed by atoms with Gasteiger partial charge in [0.05, 0.1) is 18.8 Å². The summed E-state index contributed by atoms with van der Waals surface area (Å²) in [5.74, 6) is 0.768. The fourth-order valence-electron chi connectivity index (χ4n) is 4.07. The molecule has 2 aliphatic rings. The fraction of sp³-hybridized carbons (Fsp3) is 0.619. The molecule has 0 radical (unpaired) electrons. The van der Waals surface area contributed by atoms with Gasteiger partial charge in [-0.1, -0.05) is 0 Å². The second kappa shape index (κ2) is 9.61. The van der Waals surface area contributed by atoms with Crippen LogP contribution in [0.4, 0.5) is 4.79 Å². The molecule has 0 saturated carbocycles. The lowest BCUT2D eigenvalue weighted by Gasteiger charge is -2.26. The first-order valence-corrected chi connectivity index (χ1v) is 11.0. The predicted molar refractivity (Wildman–Crippen MR) is 115 cm³/mol. The minimum atomic E-state index is -0.112. The Balaban J connectivity index is 1.39. The molecule has 0 bridgehead atoms. The Morgan fingerprint density at radius 1 is 1.19 bits per heavy atom. The Morgan fingerprint density at radius 2 is 2.00 bits per heavy atom. The van der Waals surface area contributed by atoms with Crippen molar-refractivity contribution in [1.82, 2.24) is 35.0 Å². The number of pyridine rings is 1. The van der Waals surface area contributed by atoms with Crippen molar-refractivity contribution in [3.63, 3.8) is 0 Å². The van der Waals surface area contributed by atoms with E-state index in [0.29, 0.717) is 30.8 Å². The summed E-state index contributed by atoms with van der Waals surface area (Å²) in [5.41, 5.74) is 1.27. The Kier molecular flexibility index (Phi) is 6.67. The Labute approximate surface area is 181 Å². The van der Waals surface area contributed by atoms with Gasteiger partial charge in [-0.2, -0.15) is 0 Å². The number of hydrogen-bond donors (Lipinski definition) is 2. The SMILES string of the molecule is CC(C)NC(=O)N1CCC(c2nnc3ccc(C(=O)NCCN4CCOCC4)cn23)C1. The molecule has 2 fully saturated rings. The Hall–Kier alpha value is -2.72. The van der Waals surface area contributed by atoms with E-state index < -0.39 is 0 Å². The number of carbonyl (C=O) groups excluding carboxylic acids is 2. The van der Waals surface area contributed by atoms with E-state index in [1.165, 1.54) is 0 Å². The van der Waals surface area contributed by atoms with Gasteiger partial charge < -0.3 is 20.3 Å². The standard InChI is InChI=1S/C21H31N7O3/c1-15(2)23-21(30)27-7-5-16(13-27)19-25-24-18-4-3-17(14-28(18)19)20(29)22-6-8-26-9-11-31-12-10-26/h3-4,14-16H,5-13H2,1-2H3,(H,22,29)(H,23,30). The molecular weight excluding hydrogens is 398 g/mol. The van der Waals surface area contributed by atoms with Crippen molar-refractivity contribution in [3.05, 3.63) is 29.7 Å². The minimum absolute atomic E-state index is 0.0494. The molecule has 3 amide bonds. The zero-order valence-electron chi connectivity index (χ0n) is 18.2. The minimum Gasteiger partial charge on any atom is -0.379 e. The Morgan fingerprint density at radius 3 is 2.77 bits per heavy atom. The highest BCUT2D eigenvalue weighted by Gasteiger charge is 2.30. The van der Waals surface area contributed by atoms with Gasteiger partial charge in [0.1, 0.15) is 5.82 Å². The van der Waals surface area contributed by atoms with Crippen LogP contribution in [-0.2, 0) is 4.74 Å². The molecule has 10 nitrogen and oxygen atoms in total. The highest BCUT2D eigenvalue weighted by Crippen LogP contribution is 2.26. The quantitative estimate of drug-likeness (QED) is 0.701. The summed E-state index contributed by atoms with van der Waals surface area (Å²) >= 11 is 0. The van der Waals surface area contributed by atoms with Crippen LogP contribution in [0.1, 0.15) is 42.4 Å². The van der Waals surface area contributed by atoms with Gasteiger partial charge in [-0.3, -0.25) is 14.1 Å². The van der Waals surface area contributed by atoms with Crippen LogP contribution in [0.5, 0.6) is 0 Å². The van der Waals surface area contributed by atoms with Crippen LogP contribution in [0, 0.1) is 0 Å². The van der Waals surface area contributed by atoms with Gasteiger partial charge in [-0.15, -0.1) is 10.2 Å². The van der Waals surface area contributed by atoms with Crippen molar-refractivity contribution < 1.29 is 14.3 Å². The van der Waals surface area contributed by atoms with Gasteiger partial charge in [0, 0.05) is 57.4 Å². The van der Waals surface area contributed by atoms with Gasteiger partial charge in [-0.05, 0) is 32.4 Å². The number of fused-ring (bicyclic) bond motifs is 1. The van der Waals surface area contributed by atoms with E-state index in [-0.39, 0.29) is 23.9 Å². The first-order chi connectivity index (χ1) is 15.0. The number of amides is 3. The largest absolute Gasteiger partial charge is 0.379 e. The summed E-state index contributed by atoms with van der Waals surface area (Å²) in [6.45, 7) is 9.88. The maximum atomic E-state index is 12.7. The van der Waals surface area contributed by atoms with Crippen molar-refractivity contribution in [3.8, 4) is 0 Å². The molecule has 2 aliphatic heterocycles. The van der Waals surface area contributed by atoms with Gasteiger partial charge in [-0.25, -0.2) is 4.79 Å². The van der Waals surface area contributed by atoms with Crippen LogP contribution < -0.4 is 10.6 Å². The molecule has 4 rings (SSSR count). The van der Waals surface area contributed by atoms with E-state index in [9.17, 15) is 9.59 Å². The highest BCUT2D eigenvalue weighted by molar-refractivity contribution is 5.94. The molecule has 10 heteroatoms. The van der Waals surface area contributed by atoms with Gasteiger partial charge in [0.2, 0.25) is 0 Å². The number of morpholine rings is 1. The second-order valence-electron chi connectivity index (χ2n) is 8.45. The van der Waals surface area contributed by atoms with Crippen LogP contribution >= 0.6 is 0 Å². The average Bonchev–Trinajstić information content (AvgIpc) is 3.40. The van der Waals surface area contributed by atoms with Crippen LogP contribution in [-0.4, -0.2) is 94.9 Å². The molecule has 2 aromatic heterocycles. The molecule has 2 N–H and O–H groups in total. The van der Waals surface area contributed by atoms with Crippen molar-refractivity contribution in [2.75, 3.05) is 52.5 Å². The smallest absolute Gasteiger partial charge is 0.317 e. The van der Waals surface area contributed by atoms with Gasteiger partial charge in [0.25, 0.3) is 5.91 Å². The number of nitrogens with one attached hydrogen (secondary N) is 2. The monoisotopic (exact) mass is 429 g/mol. The molecule has 168 valence electrons. The third kappa shape index (κ3) is 5.13. The zero-order chi connectivity index (χ0) is 21.8. The Bertz CT molecular complexity index is 923. The number of rotatable bonds is 6. The lowest BCUT2D eigenvalue weighted by Crippen LogP contribution is -2.41. The van der Waals surface area contributed by atoms with E-state index in [1.54, 1.807) is 12.3 Å². The molecule has 1 atom stereocenters. The molecule has 1 unspecified atom stereocenters. The zero-order valence-corrected chi connectivity index (χ0v) is 18.2. The summed E-state index contributed by atoms with van der Waals surface area (Å²) in [6, 6.07) is 3.64.